The first-order chi connectivity index (χ1) is 16.1. The zero-order valence-corrected chi connectivity index (χ0v) is 18.8. The molecule has 0 amide bonds. The minimum Gasteiger partial charge on any atom is -0.378 e. The molecule has 4 aromatic rings. The van der Waals surface area contributed by atoms with Crippen LogP contribution in [0, 0.1) is 17.1 Å². The number of nitriles is 1. The van der Waals surface area contributed by atoms with Crippen molar-refractivity contribution in [3.05, 3.63) is 66.1 Å². The van der Waals surface area contributed by atoms with E-state index in [-0.39, 0.29) is 5.56 Å². The van der Waals surface area contributed by atoms with E-state index in [2.05, 4.69) is 4.90 Å². The monoisotopic (exact) mass is 440 g/mol. The Balaban J connectivity index is 1.74. The molecule has 33 heavy (non-hydrogen) atoms. The summed E-state index contributed by atoms with van der Waals surface area (Å²) in [5.41, 5.74) is 5.18. The average molecular weight is 441 g/mol. The van der Waals surface area contributed by atoms with Crippen LogP contribution in [0.15, 0.2) is 54.7 Å². The van der Waals surface area contributed by atoms with Gasteiger partial charge in [0, 0.05) is 50.3 Å². The number of halogens is 1. The molecule has 1 aliphatic rings. The molecule has 3 heterocycles. The number of anilines is 2. The summed E-state index contributed by atoms with van der Waals surface area (Å²) in [6.45, 7) is 1.98. The van der Waals surface area contributed by atoms with Gasteiger partial charge in [-0.25, -0.2) is 14.4 Å². The molecule has 0 saturated carbocycles. The fraction of sp³-hybridized carbons (Fsp3) is 0.269. The molecular weight excluding hydrogens is 415 g/mol. The van der Waals surface area contributed by atoms with Gasteiger partial charge in [0.2, 0.25) is 0 Å². The van der Waals surface area contributed by atoms with Gasteiger partial charge in [0.1, 0.15) is 23.2 Å². The highest BCUT2D eigenvalue weighted by molar-refractivity contribution is 5.90. The van der Waals surface area contributed by atoms with E-state index in [1.807, 2.05) is 66.2 Å². The van der Waals surface area contributed by atoms with Gasteiger partial charge in [0.15, 0.2) is 5.65 Å². The third-order valence-electron chi connectivity index (χ3n) is 6.19. The summed E-state index contributed by atoms with van der Waals surface area (Å²) < 4.78 is 16.5. The van der Waals surface area contributed by atoms with E-state index in [4.69, 9.17) is 15.2 Å². The number of aromatic nitrogens is 3. The molecular formula is C26H25FN6. The molecule has 166 valence electrons. The zero-order chi connectivity index (χ0) is 22.9. The van der Waals surface area contributed by atoms with Crippen molar-refractivity contribution in [1.82, 2.24) is 14.5 Å². The second-order valence-corrected chi connectivity index (χ2v) is 8.54. The molecule has 0 unspecified atom stereocenters. The van der Waals surface area contributed by atoms with Crippen molar-refractivity contribution < 1.29 is 4.39 Å². The van der Waals surface area contributed by atoms with Crippen molar-refractivity contribution >= 4 is 22.5 Å². The molecule has 1 saturated heterocycles. The van der Waals surface area contributed by atoms with Crippen molar-refractivity contribution in [3.63, 3.8) is 0 Å². The fourth-order valence-electron chi connectivity index (χ4n) is 4.43. The molecule has 0 bridgehead atoms. The van der Waals surface area contributed by atoms with E-state index in [0.29, 0.717) is 11.4 Å². The lowest BCUT2D eigenvalue weighted by Crippen LogP contribution is -2.29. The molecule has 2 aromatic carbocycles. The van der Waals surface area contributed by atoms with Crippen LogP contribution in [0.5, 0.6) is 0 Å². The van der Waals surface area contributed by atoms with Crippen molar-refractivity contribution in [3.8, 4) is 23.1 Å². The molecule has 0 N–H and O–H groups in total. The lowest BCUT2D eigenvalue weighted by molar-refractivity contribution is 0.578. The van der Waals surface area contributed by atoms with Gasteiger partial charge in [-0.15, -0.1) is 0 Å². The molecule has 5 rings (SSSR count). The van der Waals surface area contributed by atoms with Gasteiger partial charge in [-0.1, -0.05) is 0 Å². The number of fused-ring (bicyclic) bond motifs is 1. The lowest BCUT2D eigenvalue weighted by Gasteiger charge is -2.28. The summed E-state index contributed by atoms with van der Waals surface area (Å²) in [6.07, 6.45) is 5.38. The molecule has 1 fully saturated rings. The minimum atomic E-state index is -0.555. The second-order valence-electron chi connectivity index (χ2n) is 8.54. The SMILES string of the molecule is CN(C)c1ccc(-n2c(-c3ccc(C#N)c(F)c3)nc3c(N4CCCCC4)ccnc32)cc1. The number of imidazole rings is 1. The Kier molecular flexibility index (Phi) is 5.43. The van der Waals surface area contributed by atoms with E-state index in [9.17, 15) is 4.39 Å². The smallest absolute Gasteiger partial charge is 0.167 e. The minimum absolute atomic E-state index is 0.0175. The van der Waals surface area contributed by atoms with Crippen LogP contribution in [-0.4, -0.2) is 41.7 Å². The van der Waals surface area contributed by atoms with Gasteiger partial charge < -0.3 is 9.80 Å². The number of nitrogens with zero attached hydrogens (tertiary/aromatic N) is 6. The number of hydrogen-bond acceptors (Lipinski definition) is 5. The van der Waals surface area contributed by atoms with Gasteiger partial charge in [0.25, 0.3) is 0 Å². The number of rotatable bonds is 4. The number of pyridine rings is 1. The summed E-state index contributed by atoms with van der Waals surface area (Å²) in [4.78, 5) is 14.1. The quantitative estimate of drug-likeness (QED) is 0.439. The maximum absolute atomic E-state index is 14.5. The Hall–Kier alpha value is -3.92. The van der Waals surface area contributed by atoms with Crippen LogP contribution in [-0.2, 0) is 0 Å². The van der Waals surface area contributed by atoms with Gasteiger partial charge in [0.05, 0.1) is 11.3 Å². The summed E-state index contributed by atoms with van der Waals surface area (Å²) in [7, 11) is 4.00. The first kappa shape index (κ1) is 21.0. The predicted octanol–water partition coefficient (Wildman–Crippen LogP) is 5.15. The highest BCUT2D eigenvalue weighted by Gasteiger charge is 2.22. The first-order valence-electron chi connectivity index (χ1n) is 11.2. The van der Waals surface area contributed by atoms with E-state index in [1.165, 1.54) is 18.6 Å². The van der Waals surface area contributed by atoms with Crippen LogP contribution in [0.2, 0.25) is 0 Å². The number of piperidine rings is 1. The molecule has 0 spiro atoms. The molecule has 0 aliphatic carbocycles. The maximum atomic E-state index is 14.5. The summed E-state index contributed by atoms with van der Waals surface area (Å²) in [5.74, 6) is 0.0451. The Labute approximate surface area is 192 Å². The van der Waals surface area contributed by atoms with E-state index >= 15 is 0 Å². The van der Waals surface area contributed by atoms with E-state index in [1.54, 1.807) is 6.07 Å². The molecule has 1 aliphatic heterocycles. The van der Waals surface area contributed by atoms with Crippen LogP contribution in [0.1, 0.15) is 24.8 Å². The largest absolute Gasteiger partial charge is 0.378 e. The van der Waals surface area contributed by atoms with Crippen LogP contribution >= 0.6 is 0 Å². The third-order valence-corrected chi connectivity index (χ3v) is 6.19. The Morgan fingerprint density at radius 3 is 2.42 bits per heavy atom. The highest BCUT2D eigenvalue weighted by atomic mass is 19.1. The third kappa shape index (κ3) is 3.78. The van der Waals surface area contributed by atoms with Crippen LogP contribution in [0.25, 0.3) is 28.2 Å². The van der Waals surface area contributed by atoms with Crippen molar-refractivity contribution in [2.75, 3.05) is 37.0 Å². The van der Waals surface area contributed by atoms with Crippen LogP contribution < -0.4 is 9.80 Å². The Morgan fingerprint density at radius 1 is 1.00 bits per heavy atom. The molecule has 0 atom stereocenters. The fourth-order valence-corrected chi connectivity index (χ4v) is 4.43. The van der Waals surface area contributed by atoms with Crippen LogP contribution in [0.4, 0.5) is 15.8 Å². The summed E-state index contributed by atoms with van der Waals surface area (Å²) in [6, 6.07) is 16.7. The first-order valence-corrected chi connectivity index (χ1v) is 11.2. The van der Waals surface area contributed by atoms with Gasteiger partial charge in [-0.05, 0) is 67.8 Å². The molecule has 6 nitrogen and oxygen atoms in total. The molecule has 0 radical (unpaired) electrons. The zero-order valence-electron chi connectivity index (χ0n) is 18.8. The van der Waals surface area contributed by atoms with E-state index < -0.39 is 5.82 Å². The van der Waals surface area contributed by atoms with Crippen molar-refractivity contribution in [1.29, 1.82) is 5.26 Å². The number of hydrogen-bond donors (Lipinski definition) is 0. The van der Waals surface area contributed by atoms with E-state index in [0.717, 1.165) is 54.2 Å². The lowest BCUT2D eigenvalue weighted by atomic mass is 10.1. The second kappa shape index (κ2) is 8.55. The summed E-state index contributed by atoms with van der Waals surface area (Å²) >= 11 is 0. The highest BCUT2D eigenvalue weighted by Crippen LogP contribution is 2.34. The normalized spacial score (nSPS) is 13.8. The predicted molar refractivity (Wildman–Crippen MR) is 129 cm³/mol. The van der Waals surface area contributed by atoms with Crippen LogP contribution in [0.3, 0.4) is 0 Å². The standard InChI is InChI=1S/C26H25FN6/c1-31(2)20-8-10-21(11-9-20)33-25(18-6-7-19(17-28)22(27)16-18)30-24-23(12-13-29-26(24)33)32-14-4-3-5-15-32/h6-13,16H,3-5,14-15H2,1-2H3. The molecule has 2 aromatic heterocycles. The van der Waals surface area contributed by atoms with Crippen molar-refractivity contribution in [2.45, 2.75) is 19.3 Å². The average Bonchev–Trinajstić information content (AvgIpc) is 3.24. The Bertz CT molecular complexity index is 1340. The molecule has 7 heteroatoms. The summed E-state index contributed by atoms with van der Waals surface area (Å²) in [5, 5.41) is 9.15. The van der Waals surface area contributed by atoms with Gasteiger partial charge in [-0.2, -0.15) is 5.26 Å². The van der Waals surface area contributed by atoms with Gasteiger partial charge in [-0.3, -0.25) is 4.57 Å². The maximum Gasteiger partial charge on any atom is 0.167 e. The topological polar surface area (TPSA) is 61.0 Å². The number of benzene rings is 2. The Morgan fingerprint density at radius 2 is 1.76 bits per heavy atom. The van der Waals surface area contributed by atoms with Gasteiger partial charge >= 0.3 is 0 Å². The van der Waals surface area contributed by atoms with Crippen molar-refractivity contribution in [2.24, 2.45) is 0 Å².